The van der Waals surface area contributed by atoms with Gasteiger partial charge in [-0.1, -0.05) is 41.7 Å². The second-order valence-electron chi connectivity index (χ2n) is 4.83. The Morgan fingerprint density at radius 3 is 2.77 bits per heavy atom. The number of rotatable bonds is 6. The first-order valence-corrected chi connectivity index (χ1v) is 7.84. The molecule has 0 atom stereocenters. The molecule has 0 unspecified atom stereocenters. The predicted molar refractivity (Wildman–Crippen MR) is 86.0 cm³/mol. The number of nitrogens with one attached hydrogen (secondary N) is 1. The quantitative estimate of drug-likeness (QED) is 0.830. The lowest BCUT2D eigenvalue weighted by atomic mass is 10.1. The zero-order valence-electron chi connectivity index (χ0n) is 12.3. The summed E-state index contributed by atoms with van der Waals surface area (Å²) in [6.07, 6.45) is 1.00. The van der Waals surface area contributed by atoms with Gasteiger partial charge in [0.05, 0.1) is 12.5 Å². The van der Waals surface area contributed by atoms with E-state index in [0.29, 0.717) is 23.7 Å². The fourth-order valence-corrected chi connectivity index (χ4v) is 3.08. The number of amides is 1. The van der Waals surface area contributed by atoms with E-state index in [-0.39, 0.29) is 17.2 Å². The van der Waals surface area contributed by atoms with Gasteiger partial charge < -0.3 is 9.88 Å². The van der Waals surface area contributed by atoms with Crippen LogP contribution in [-0.4, -0.2) is 17.0 Å². The van der Waals surface area contributed by atoms with Crippen molar-refractivity contribution >= 4 is 17.2 Å². The summed E-state index contributed by atoms with van der Waals surface area (Å²) in [6.45, 7) is 2.63. The molecule has 2 aromatic rings. The molecule has 0 aliphatic carbocycles. The largest absolute Gasteiger partial charge is 0.350 e. The van der Waals surface area contributed by atoms with Crippen LogP contribution in [0.2, 0.25) is 0 Å². The van der Waals surface area contributed by atoms with Gasteiger partial charge in [0.1, 0.15) is 4.88 Å². The van der Waals surface area contributed by atoms with Crippen molar-refractivity contribution < 1.29 is 4.79 Å². The van der Waals surface area contributed by atoms with Gasteiger partial charge in [0, 0.05) is 18.8 Å². The number of aromatic nitrogens is 1. The molecule has 2 rings (SSSR count). The molecule has 0 aliphatic heterocycles. The van der Waals surface area contributed by atoms with Gasteiger partial charge in [0.2, 0.25) is 0 Å². The molecule has 0 spiro atoms. The average molecular weight is 315 g/mol. The van der Waals surface area contributed by atoms with E-state index in [9.17, 15) is 9.59 Å². The third-order valence-corrected chi connectivity index (χ3v) is 4.42. The van der Waals surface area contributed by atoms with Crippen molar-refractivity contribution in [1.82, 2.24) is 9.88 Å². The second-order valence-corrected chi connectivity index (χ2v) is 5.80. The Balaban J connectivity index is 2.09. The van der Waals surface area contributed by atoms with E-state index in [1.165, 1.54) is 0 Å². The maximum atomic E-state index is 12.1. The SMILES string of the molecule is Cc1c(C(=O)NCCC#N)sc(=O)n1CCc1ccccc1. The molecule has 6 heteroatoms. The van der Waals surface area contributed by atoms with Crippen molar-refractivity contribution in [1.29, 1.82) is 5.26 Å². The van der Waals surface area contributed by atoms with Gasteiger partial charge in [-0.3, -0.25) is 9.59 Å². The number of benzene rings is 1. The van der Waals surface area contributed by atoms with Crippen LogP contribution in [0.25, 0.3) is 0 Å². The molecular formula is C16H17N3O2S. The first-order chi connectivity index (χ1) is 10.6. The number of aryl methyl sites for hydroxylation is 1. The highest BCUT2D eigenvalue weighted by Gasteiger charge is 2.17. The van der Waals surface area contributed by atoms with Crippen LogP contribution in [-0.2, 0) is 13.0 Å². The monoisotopic (exact) mass is 315 g/mol. The highest BCUT2D eigenvalue weighted by molar-refractivity contribution is 7.11. The lowest BCUT2D eigenvalue weighted by molar-refractivity contribution is 0.0957. The van der Waals surface area contributed by atoms with E-state index in [2.05, 4.69) is 5.32 Å². The zero-order chi connectivity index (χ0) is 15.9. The van der Waals surface area contributed by atoms with Gasteiger partial charge in [-0.05, 0) is 18.9 Å². The molecule has 1 N–H and O–H groups in total. The van der Waals surface area contributed by atoms with Gasteiger partial charge >= 0.3 is 4.87 Å². The molecular weight excluding hydrogens is 298 g/mol. The van der Waals surface area contributed by atoms with Gasteiger partial charge in [0.15, 0.2) is 0 Å². The molecule has 0 aliphatic rings. The van der Waals surface area contributed by atoms with Gasteiger partial charge in [-0.15, -0.1) is 0 Å². The van der Waals surface area contributed by atoms with Crippen molar-refractivity contribution in [3.05, 3.63) is 56.1 Å². The Morgan fingerprint density at radius 2 is 2.09 bits per heavy atom. The van der Waals surface area contributed by atoms with Crippen molar-refractivity contribution in [2.24, 2.45) is 0 Å². The number of nitrogens with zero attached hydrogens (tertiary/aromatic N) is 2. The molecule has 0 saturated heterocycles. The van der Waals surface area contributed by atoms with Crippen LogP contribution in [0.3, 0.4) is 0 Å². The van der Waals surface area contributed by atoms with Crippen molar-refractivity contribution in [2.75, 3.05) is 6.54 Å². The minimum Gasteiger partial charge on any atom is -0.350 e. The lowest BCUT2D eigenvalue weighted by Crippen LogP contribution is -2.24. The highest BCUT2D eigenvalue weighted by atomic mass is 32.1. The van der Waals surface area contributed by atoms with Crippen LogP contribution in [0.1, 0.15) is 27.3 Å². The average Bonchev–Trinajstić information content (AvgIpc) is 2.81. The van der Waals surface area contributed by atoms with Crippen molar-refractivity contribution in [3.63, 3.8) is 0 Å². The fraction of sp³-hybridized carbons (Fsp3) is 0.312. The van der Waals surface area contributed by atoms with E-state index in [4.69, 9.17) is 5.26 Å². The second kappa shape index (κ2) is 7.57. The van der Waals surface area contributed by atoms with Crippen LogP contribution >= 0.6 is 11.3 Å². The Kier molecular flexibility index (Phi) is 5.50. The lowest BCUT2D eigenvalue weighted by Gasteiger charge is -2.06. The number of hydrogen-bond acceptors (Lipinski definition) is 4. The molecule has 1 heterocycles. The van der Waals surface area contributed by atoms with Crippen molar-refractivity contribution in [3.8, 4) is 6.07 Å². The molecule has 0 fully saturated rings. The number of carbonyl (C=O) groups excluding carboxylic acids is 1. The third-order valence-electron chi connectivity index (χ3n) is 3.34. The Morgan fingerprint density at radius 1 is 1.36 bits per heavy atom. The predicted octanol–water partition coefficient (Wildman–Crippen LogP) is 2.10. The van der Waals surface area contributed by atoms with Crippen LogP contribution in [0.5, 0.6) is 0 Å². The molecule has 22 heavy (non-hydrogen) atoms. The van der Waals surface area contributed by atoms with Crippen LogP contribution < -0.4 is 10.2 Å². The summed E-state index contributed by atoms with van der Waals surface area (Å²) >= 11 is 0.955. The normalized spacial score (nSPS) is 10.2. The molecule has 1 aromatic heterocycles. The van der Waals surface area contributed by atoms with E-state index in [1.807, 2.05) is 36.4 Å². The van der Waals surface area contributed by atoms with E-state index < -0.39 is 0 Å². The number of nitriles is 1. The summed E-state index contributed by atoms with van der Waals surface area (Å²) in [4.78, 5) is 24.4. The zero-order valence-corrected chi connectivity index (χ0v) is 13.2. The Bertz CT molecular complexity index is 741. The Labute approximate surface area is 132 Å². The summed E-state index contributed by atoms with van der Waals surface area (Å²) in [7, 11) is 0. The first kappa shape index (κ1) is 16.0. The summed E-state index contributed by atoms with van der Waals surface area (Å²) in [5.74, 6) is -0.284. The van der Waals surface area contributed by atoms with Crippen molar-refractivity contribution in [2.45, 2.75) is 26.3 Å². The Hall–Kier alpha value is -2.39. The molecule has 5 nitrogen and oxygen atoms in total. The fourth-order valence-electron chi connectivity index (χ4n) is 2.14. The number of thiazole rings is 1. The molecule has 0 saturated carbocycles. The van der Waals surface area contributed by atoms with Crippen LogP contribution in [0.4, 0.5) is 0 Å². The number of carbonyl (C=O) groups is 1. The maximum absolute atomic E-state index is 12.1. The van der Waals surface area contributed by atoms with Gasteiger partial charge in [-0.2, -0.15) is 5.26 Å². The van der Waals surface area contributed by atoms with Gasteiger partial charge in [-0.25, -0.2) is 0 Å². The smallest absolute Gasteiger partial charge is 0.308 e. The summed E-state index contributed by atoms with van der Waals surface area (Å²) in [5, 5.41) is 11.1. The highest BCUT2D eigenvalue weighted by Crippen LogP contribution is 2.12. The van der Waals surface area contributed by atoms with E-state index >= 15 is 0 Å². The minimum atomic E-state index is -0.284. The molecule has 114 valence electrons. The topological polar surface area (TPSA) is 74.9 Å². The van der Waals surface area contributed by atoms with E-state index in [0.717, 1.165) is 23.3 Å². The summed E-state index contributed by atoms with van der Waals surface area (Å²) < 4.78 is 1.64. The molecule has 0 radical (unpaired) electrons. The number of hydrogen-bond donors (Lipinski definition) is 1. The minimum absolute atomic E-state index is 0.126. The van der Waals surface area contributed by atoms with E-state index in [1.54, 1.807) is 11.5 Å². The molecule has 0 bridgehead atoms. The maximum Gasteiger partial charge on any atom is 0.308 e. The molecule has 1 aromatic carbocycles. The van der Waals surface area contributed by atoms with Crippen LogP contribution in [0, 0.1) is 18.3 Å². The third kappa shape index (κ3) is 3.83. The first-order valence-electron chi connectivity index (χ1n) is 7.02. The summed E-state index contributed by atoms with van der Waals surface area (Å²) in [6, 6.07) is 11.9. The standard InChI is InChI=1S/C16H17N3O2S/c1-12-14(15(20)18-10-5-9-17)22-16(21)19(12)11-8-13-6-3-2-4-7-13/h2-4,6-7H,5,8,10-11H2,1H3,(H,18,20). The van der Waals surface area contributed by atoms with Gasteiger partial charge in [0.25, 0.3) is 5.91 Å². The summed E-state index contributed by atoms with van der Waals surface area (Å²) in [5.41, 5.74) is 1.83. The van der Waals surface area contributed by atoms with Crippen LogP contribution in [0.15, 0.2) is 35.1 Å². The molecule has 1 amide bonds.